The van der Waals surface area contributed by atoms with Gasteiger partial charge in [0.15, 0.2) is 0 Å². The van der Waals surface area contributed by atoms with E-state index >= 15 is 0 Å². The molecular formula is C27H46FO2PPdSi. The maximum Gasteiger partial charge on any atom is 0.213 e. The number of hydrogen-bond acceptors (Lipinski definition) is 2. The molecule has 0 amide bonds. The molecule has 0 unspecified atom stereocenters. The van der Waals surface area contributed by atoms with Crippen LogP contribution in [0.3, 0.4) is 0 Å². The second kappa shape index (κ2) is 14.1. The van der Waals surface area contributed by atoms with E-state index in [-0.39, 0.29) is 26.2 Å². The zero-order chi connectivity index (χ0) is 25.4. The standard InChI is InChI=1S/C12H27P.C9H14O2Si.C6H4F.Pd/c1-10(2,3)13(11(4,5)6)12(7,8)9;1-11-8-4-6-9(7-5-8)12(2,3)10;7-6-4-2-1-3-5-6;/h1-9H3;4-7,10H,1-3H3;2-5H;/q;;-1;/p+1. The first kappa shape index (κ1) is 34.6. The van der Waals surface area contributed by atoms with Gasteiger partial charge in [-0.25, -0.2) is 4.39 Å². The van der Waals surface area contributed by atoms with Gasteiger partial charge in [-0.2, -0.15) is 18.2 Å². The van der Waals surface area contributed by atoms with Crippen molar-refractivity contribution in [2.45, 2.75) is 90.9 Å². The molecule has 0 radical (unpaired) electrons. The fourth-order valence-electron chi connectivity index (χ4n) is 4.74. The summed E-state index contributed by atoms with van der Waals surface area (Å²) in [5, 5.41) is 2.49. The minimum Gasteiger partial charge on any atom is -0.497 e. The van der Waals surface area contributed by atoms with Crippen molar-refractivity contribution in [2.24, 2.45) is 0 Å². The third kappa shape index (κ3) is 14.4. The van der Waals surface area contributed by atoms with Crippen LogP contribution in [-0.2, 0) is 20.4 Å². The summed E-state index contributed by atoms with van der Waals surface area (Å²) in [6.07, 6.45) is 0. The molecule has 0 atom stereocenters. The van der Waals surface area contributed by atoms with Crippen LogP contribution in [0.1, 0.15) is 62.3 Å². The number of rotatable bonds is 2. The summed E-state index contributed by atoms with van der Waals surface area (Å²) < 4.78 is 16.9. The fourth-order valence-corrected chi connectivity index (χ4v) is 12.5. The van der Waals surface area contributed by atoms with Crippen LogP contribution in [0.25, 0.3) is 0 Å². The Kier molecular flexibility index (Phi) is 14.8. The molecule has 192 valence electrons. The van der Waals surface area contributed by atoms with Crippen LogP contribution in [0.2, 0.25) is 13.1 Å². The average Bonchev–Trinajstić information content (AvgIpc) is 2.58. The molecule has 0 spiro atoms. The molecule has 0 aliphatic heterocycles. The molecule has 1 N–H and O–H groups in total. The Morgan fingerprint density at radius 2 is 1.15 bits per heavy atom. The van der Waals surface area contributed by atoms with E-state index in [1.807, 2.05) is 37.4 Å². The van der Waals surface area contributed by atoms with Crippen molar-refractivity contribution < 1.29 is 34.3 Å². The van der Waals surface area contributed by atoms with Gasteiger partial charge >= 0.3 is 0 Å². The summed E-state index contributed by atoms with van der Waals surface area (Å²) in [6, 6.07) is 16.1. The van der Waals surface area contributed by atoms with E-state index in [4.69, 9.17) is 4.74 Å². The van der Waals surface area contributed by atoms with Gasteiger partial charge in [-0.15, -0.1) is 12.1 Å². The van der Waals surface area contributed by atoms with Gasteiger partial charge in [-0.05, 0) is 92.7 Å². The van der Waals surface area contributed by atoms with Gasteiger partial charge in [-0.1, -0.05) is 12.1 Å². The second-order valence-corrected chi connectivity index (χ2v) is 20.6. The summed E-state index contributed by atoms with van der Waals surface area (Å²) >= 11 is 0. The van der Waals surface area contributed by atoms with Crippen LogP contribution in [0.5, 0.6) is 5.75 Å². The van der Waals surface area contributed by atoms with E-state index in [1.54, 1.807) is 7.11 Å². The maximum absolute atomic E-state index is 11.9. The molecule has 2 aromatic rings. The number of ether oxygens (including phenoxy) is 1. The molecule has 0 fully saturated rings. The van der Waals surface area contributed by atoms with E-state index in [0.717, 1.165) is 10.9 Å². The number of hydrogen-bond donors (Lipinski definition) is 1. The van der Waals surface area contributed by atoms with E-state index < -0.39 is 16.2 Å². The molecule has 0 aliphatic rings. The number of benzene rings is 2. The monoisotopic (exact) mass is 586 g/mol. The van der Waals surface area contributed by atoms with Gasteiger partial charge in [0.25, 0.3) is 0 Å². The topological polar surface area (TPSA) is 29.5 Å². The third-order valence-corrected chi connectivity index (χ3v) is 11.0. The van der Waals surface area contributed by atoms with Crippen LogP contribution in [-0.4, -0.2) is 35.7 Å². The molecule has 0 aromatic heterocycles. The van der Waals surface area contributed by atoms with Gasteiger partial charge < -0.3 is 9.53 Å². The van der Waals surface area contributed by atoms with Crippen LogP contribution in [0.4, 0.5) is 4.39 Å². The van der Waals surface area contributed by atoms with E-state index in [0.29, 0.717) is 15.5 Å². The molecule has 0 heterocycles. The van der Waals surface area contributed by atoms with Crippen molar-refractivity contribution >= 4 is 21.4 Å². The average molecular weight is 587 g/mol. The first-order valence-electron chi connectivity index (χ1n) is 11.2. The van der Waals surface area contributed by atoms with Crippen molar-refractivity contribution in [1.82, 2.24) is 0 Å². The predicted octanol–water partition coefficient (Wildman–Crippen LogP) is 7.32. The minimum atomic E-state index is -2.12. The van der Waals surface area contributed by atoms with Crippen molar-refractivity contribution in [1.29, 1.82) is 0 Å². The molecular weight excluding hydrogens is 541 g/mol. The van der Waals surface area contributed by atoms with Crippen molar-refractivity contribution in [3.63, 3.8) is 0 Å². The zero-order valence-corrected chi connectivity index (χ0v) is 26.2. The van der Waals surface area contributed by atoms with Gasteiger partial charge in [0.2, 0.25) is 8.32 Å². The normalized spacial score (nSPS) is 12.0. The van der Waals surface area contributed by atoms with Gasteiger partial charge in [0, 0.05) is 34.2 Å². The Hall–Kier alpha value is -0.561. The molecule has 2 rings (SSSR count). The molecule has 0 saturated heterocycles. The zero-order valence-electron chi connectivity index (χ0n) is 22.7. The number of halogens is 1. The Bertz CT molecular complexity index is 738. The summed E-state index contributed by atoms with van der Waals surface area (Å²) in [5.74, 6) is 0.621. The Morgan fingerprint density at radius 3 is 1.33 bits per heavy atom. The van der Waals surface area contributed by atoms with E-state index in [2.05, 4.69) is 68.4 Å². The maximum atomic E-state index is 11.9. The Labute approximate surface area is 219 Å². The summed E-state index contributed by atoms with van der Waals surface area (Å²) in [7, 11) is -0.880. The van der Waals surface area contributed by atoms with Crippen molar-refractivity contribution in [2.75, 3.05) is 7.11 Å². The van der Waals surface area contributed by atoms with Crippen molar-refractivity contribution in [3.05, 3.63) is 60.4 Å². The smallest absolute Gasteiger partial charge is 0.213 e. The molecule has 6 heteroatoms. The third-order valence-electron chi connectivity index (χ3n) is 4.72. The molecule has 2 nitrogen and oxygen atoms in total. The molecule has 2 aromatic carbocycles. The van der Waals surface area contributed by atoms with Crippen LogP contribution in [0.15, 0.2) is 48.5 Å². The van der Waals surface area contributed by atoms with Crippen LogP contribution < -0.4 is 9.92 Å². The Balaban J connectivity index is 0. The molecule has 0 bridgehead atoms. The first-order chi connectivity index (χ1) is 14.3. The van der Waals surface area contributed by atoms with Crippen molar-refractivity contribution in [3.8, 4) is 5.75 Å². The molecule has 33 heavy (non-hydrogen) atoms. The summed E-state index contributed by atoms with van der Waals surface area (Å²) in [4.78, 5) is 9.75. The minimum absolute atomic E-state index is 0. The summed E-state index contributed by atoms with van der Waals surface area (Å²) in [5.41, 5.74) is 0. The largest absolute Gasteiger partial charge is 0.497 e. The molecule has 0 aliphatic carbocycles. The first-order valence-corrected chi connectivity index (χ1v) is 15.6. The SMILES string of the molecule is CC(C)(C)[PH+](C(C)(C)C)C(C)(C)C.COc1ccc([Si](C)(C)O)cc1.Fc1cc[c-]cc1.[Pd]. The van der Waals surface area contributed by atoms with Crippen LogP contribution in [0, 0.1) is 11.9 Å². The summed E-state index contributed by atoms with van der Waals surface area (Å²) in [6.45, 7) is 25.4. The quantitative estimate of drug-likeness (QED) is 0.227. The van der Waals surface area contributed by atoms with Crippen LogP contribution >= 0.6 is 7.92 Å². The fraction of sp³-hybridized carbons (Fsp3) is 0.556. The van der Waals surface area contributed by atoms with Gasteiger partial charge in [0.1, 0.15) is 5.75 Å². The van der Waals surface area contributed by atoms with Gasteiger partial charge in [0.05, 0.1) is 22.6 Å². The number of methoxy groups -OCH3 is 1. The van der Waals surface area contributed by atoms with Gasteiger partial charge in [-0.3, -0.25) is 0 Å². The second-order valence-electron chi connectivity index (χ2n) is 11.6. The van der Waals surface area contributed by atoms with E-state index in [9.17, 15) is 9.19 Å². The van der Waals surface area contributed by atoms with E-state index in [1.165, 1.54) is 24.3 Å². The predicted molar refractivity (Wildman–Crippen MR) is 145 cm³/mol. The Morgan fingerprint density at radius 1 is 0.788 bits per heavy atom. The molecule has 0 saturated carbocycles.